The molecule has 1 unspecified atom stereocenters. The Kier molecular flexibility index (Phi) is 8.46. The Balaban J connectivity index is 2.51. The fourth-order valence-electron chi connectivity index (χ4n) is 1.82. The molecule has 2 N–H and O–H groups in total. The number of hydrogen-bond donors (Lipinski definition) is 2. The maximum Gasteiger partial charge on any atom is 0.338 e. The van der Waals surface area contributed by atoms with Crippen LogP contribution in [0.1, 0.15) is 50.9 Å². The first kappa shape index (κ1) is 20.5. The molecule has 0 bridgehead atoms. The smallest absolute Gasteiger partial charge is 0.338 e. The van der Waals surface area contributed by atoms with Gasteiger partial charge in [0.05, 0.1) is 12.2 Å². The molecule has 1 atom stereocenters. The number of esters is 1. The van der Waals surface area contributed by atoms with Gasteiger partial charge >= 0.3 is 12.0 Å². The van der Waals surface area contributed by atoms with Crippen LogP contribution in [0, 0.1) is 0 Å². The van der Waals surface area contributed by atoms with Gasteiger partial charge in [0.1, 0.15) is 5.75 Å². The number of ether oxygens (including phenoxy) is 2. The topological polar surface area (TPSA) is 93.7 Å². The summed E-state index contributed by atoms with van der Waals surface area (Å²) in [7, 11) is 0. The third kappa shape index (κ3) is 7.69. The molecule has 0 saturated heterocycles. The molecule has 0 spiro atoms. The molecule has 138 valence electrons. The number of unbranched alkanes of at least 4 members (excludes halogenated alkanes) is 1. The van der Waals surface area contributed by atoms with Gasteiger partial charge < -0.3 is 14.8 Å². The summed E-state index contributed by atoms with van der Waals surface area (Å²) in [6.07, 6.45) is 0.909. The van der Waals surface area contributed by atoms with Crippen molar-refractivity contribution in [1.29, 1.82) is 0 Å². The van der Waals surface area contributed by atoms with E-state index in [0.717, 1.165) is 12.8 Å². The molecule has 0 radical (unpaired) electrons. The molecule has 1 rings (SSSR count). The van der Waals surface area contributed by atoms with Crippen LogP contribution in [0.2, 0.25) is 0 Å². The minimum Gasteiger partial charge on any atom is -0.494 e. The van der Waals surface area contributed by atoms with Crippen molar-refractivity contribution in [2.24, 2.45) is 0 Å². The summed E-state index contributed by atoms with van der Waals surface area (Å²) in [5, 5.41) is 4.63. The zero-order chi connectivity index (χ0) is 18.8. The molecule has 1 aromatic carbocycles. The maximum atomic E-state index is 12.1. The van der Waals surface area contributed by atoms with Crippen LogP contribution in [0.5, 0.6) is 5.75 Å². The quantitative estimate of drug-likeness (QED) is 0.555. The molecule has 7 nitrogen and oxygen atoms in total. The monoisotopic (exact) mass is 350 g/mol. The van der Waals surface area contributed by atoms with Crippen LogP contribution in [-0.2, 0) is 9.53 Å². The Hall–Kier alpha value is -2.57. The number of carbonyl (C=O) groups is 3. The van der Waals surface area contributed by atoms with Gasteiger partial charge in [-0.05, 0) is 51.5 Å². The highest BCUT2D eigenvalue weighted by molar-refractivity contribution is 5.98. The highest BCUT2D eigenvalue weighted by atomic mass is 16.5. The van der Waals surface area contributed by atoms with E-state index in [2.05, 4.69) is 17.6 Å². The molecule has 0 fully saturated rings. The summed E-state index contributed by atoms with van der Waals surface area (Å²) < 4.78 is 10.6. The predicted molar refractivity (Wildman–Crippen MR) is 93.5 cm³/mol. The summed E-state index contributed by atoms with van der Waals surface area (Å²) in [4.78, 5) is 35.4. The number of nitrogens with one attached hydrogen (secondary N) is 2. The summed E-state index contributed by atoms with van der Waals surface area (Å²) in [5.41, 5.74) is 0.300. The van der Waals surface area contributed by atoms with Crippen molar-refractivity contribution in [3.05, 3.63) is 29.8 Å². The van der Waals surface area contributed by atoms with Gasteiger partial charge in [-0.2, -0.15) is 0 Å². The average molecular weight is 350 g/mol. The van der Waals surface area contributed by atoms with E-state index >= 15 is 0 Å². The molecule has 7 heteroatoms. The van der Waals surface area contributed by atoms with Crippen molar-refractivity contribution in [3.63, 3.8) is 0 Å². The summed E-state index contributed by atoms with van der Waals surface area (Å²) in [5.74, 6) is -0.667. The number of rotatable bonds is 8. The van der Waals surface area contributed by atoms with Gasteiger partial charge in [0.15, 0.2) is 6.10 Å². The number of hydrogen-bond acceptors (Lipinski definition) is 5. The maximum absolute atomic E-state index is 12.1. The van der Waals surface area contributed by atoms with Crippen molar-refractivity contribution in [2.45, 2.75) is 52.7 Å². The third-order valence-electron chi connectivity index (χ3n) is 3.17. The first-order valence-corrected chi connectivity index (χ1v) is 8.38. The van der Waals surface area contributed by atoms with E-state index in [-0.39, 0.29) is 6.04 Å². The zero-order valence-electron chi connectivity index (χ0n) is 15.1. The van der Waals surface area contributed by atoms with Crippen molar-refractivity contribution in [1.82, 2.24) is 10.6 Å². The van der Waals surface area contributed by atoms with Gasteiger partial charge in [0, 0.05) is 6.04 Å². The van der Waals surface area contributed by atoms with Crippen molar-refractivity contribution < 1.29 is 23.9 Å². The number of imide groups is 1. The Morgan fingerprint density at radius 1 is 1.08 bits per heavy atom. The number of amides is 3. The fourth-order valence-corrected chi connectivity index (χ4v) is 1.82. The molecule has 25 heavy (non-hydrogen) atoms. The van der Waals surface area contributed by atoms with Gasteiger partial charge in [0.2, 0.25) is 0 Å². The van der Waals surface area contributed by atoms with E-state index in [1.54, 1.807) is 38.1 Å². The molecule has 0 heterocycles. The molecule has 0 aliphatic heterocycles. The number of benzene rings is 1. The summed E-state index contributed by atoms with van der Waals surface area (Å²) in [6, 6.07) is 5.75. The summed E-state index contributed by atoms with van der Waals surface area (Å²) in [6.45, 7) is 7.63. The molecular formula is C18H26N2O5. The number of urea groups is 1. The molecule has 0 aliphatic rings. The standard InChI is InChI=1S/C18H26N2O5/c1-5-6-11-24-15-9-7-14(8-10-15)17(22)25-13(4)16(21)20-18(23)19-12(2)3/h7-10,12-13H,5-6,11H2,1-4H3,(H2,19,20,21,23). The van der Waals surface area contributed by atoms with Crippen LogP contribution in [0.3, 0.4) is 0 Å². The van der Waals surface area contributed by atoms with E-state index in [1.165, 1.54) is 6.92 Å². The van der Waals surface area contributed by atoms with Crippen LogP contribution in [0.25, 0.3) is 0 Å². The van der Waals surface area contributed by atoms with Crippen LogP contribution in [-0.4, -0.2) is 36.7 Å². The van der Waals surface area contributed by atoms with E-state index in [9.17, 15) is 14.4 Å². The predicted octanol–water partition coefficient (Wildman–Crippen LogP) is 2.65. The molecule has 3 amide bonds. The SMILES string of the molecule is CCCCOc1ccc(C(=O)OC(C)C(=O)NC(=O)NC(C)C)cc1. The van der Waals surface area contributed by atoms with E-state index in [0.29, 0.717) is 17.9 Å². The molecule has 0 aliphatic carbocycles. The summed E-state index contributed by atoms with van der Waals surface area (Å²) >= 11 is 0. The molecule has 1 aromatic rings. The largest absolute Gasteiger partial charge is 0.494 e. The lowest BCUT2D eigenvalue weighted by molar-refractivity contribution is -0.127. The van der Waals surface area contributed by atoms with Crippen molar-refractivity contribution >= 4 is 17.9 Å². The van der Waals surface area contributed by atoms with Gasteiger partial charge in [-0.25, -0.2) is 9.59 Å². The lowest BCUT2D eigenvalue weighted by Gasteiger charge is -2.14. The van der Waals surface area contributed by atoms with E-state index < -0.39 is 24.0 Å². The molecular weight excluding hydrogens is 324 g/mol. The minimum absolute atomic E-state index is 0.108. The van der Waals surface area contributed by atoms with Crippen molar-refractivity contribution in [2.75, 3.05) is 6.61 Å². The Morgan fingerprint density at radius 2 is 1.72 bits per heavy atom. The van der Waals surface area contributed by atoms with E-state index in [1.807, 2.05) is 0 Å². The first-order chi connectivity index (χ1) is 11.8. The number of carbonyl (C=O) groups excluding carboxylic acids is 3. The second-order valence-electron chi connectivity index (χ2n) is 5.89. The Labute approximate surface area is 148 Å². The third-order valence-corrected chi connectivity index (χ3v) is 3.17. The van der Waals surface area contributed by atoms with Gasteiger partial charge in [0.25, 0.3) is 5.91 Å². The second-order valence-corrected chi connectivity index (χ2v) is 5.89. The van der Waals surface area contributed by atoms with Crippen LogP contribution in [0.15, 0.2) is 24.3 Å². The second kappa shape index (κ2) is 10.3. The van der Waals surface area contributed by atoms with Gasteiger partial charge in [-0.3, -0.25) is 10.1 Å². The van der Waals surface area contributed by atoms with Crippen LogP contribution < -0.4 is 15.4 Å². The van der Waals surface area contributed by atoms with Crippen molar-refractivity contribution in [3.8, 4) is 5.75 Å². The van der Waals surface area contributed by atoms with E-state index in [4.69, 9.17) is 9.47 Å². The minimum atomic E-state index is -1.09. The Bertz CT molecular complexity index is 584. The zero-order valence-corrected chi connectivity index (χ0v) is 15.1. The van der Waals surface area contributed by atoms with Crippen LogP contribution in [0.4, 0.5) is 4.79 Å². The first-order valence-electron chi connectivity index (χ1n) is 8.38. The molecule has 0 aromatic heterocycles. The fraction of sp³-hybridized carbons (Fsp3) is 0.500. The molecule has 0 saturated carbocycles. The lowest BCUT2D eigenvalue weighted by Crippen LogP contribution is -2.46. The average Bonchev–Trinajstić information content (AvgIpc) is 2.54. The van der Waals surface area contributed by atoms with Crippen LogP contribution >= 0.6 is 0 Å². The highest BCUT2D eigenvalue weighted by Crippen LogP contribution is 2.14. The van der Waals surface area contributed by atoms with Gasteiger partial charge in [-0.1, -0.05) is 13.3 Å². The highest BCUT2D eigenvalue weighted by Gasteiger charge is 2.21. The normalized spacial score (nSPS) is 11.6. The Morgan fingerprint density at radius 3 is 2.28 bits per heavy atom. The van der Waals surface area contributed by atoms with Gasteiger partial charge in [-0.15, -0.1) is 0 Å². The lowest BCUT2D eigenvalue weighted by atomic mass is 10.2.